The molecule has 4 heterocycles. The Kier molecular flexibility index (Phi) is 6.76. The number of piperidine rings is 1. The molecule has 2 aromatic carbocycles. The molecule has 4 aromatic rings. The molecule has 2 aromatic heterocycles. The van der Waals surface area contributed by atoms with Gasteiger partial charge in [0.15, 0.2) is 0 Å². The Labute approximate surface area is 219 Å². The number of ether oxygens (including phenoxy) is 2. The highest BCUT2D eigenvalue weighted by atomic mass is 16.5. The van der Waals surface area contributed by atoms with Crippen molar-refractivity contribution in [3.05, 3.63) is 54.5 Å². The fraction of sp³-hybridized carbons (Fsp3) is 0.333. The lowest BCUT2D eigenvalue weighted by Crippen LogP contribution is -2.36. The molecule has 11 heteroatoms. The summed E-state index contributed by atoms with van der Waals surface area (Å²) in [5, 5.41) is 14.5. The minimum absolute atomic E-state index is 0.105. The number of H-pyrrole nitrogens is 1. The van der Waals surface area contributed by atoms with Crippen molar-refractivity contribution < 1.29 is 14.3 Å². The third-order valence-electron chi connectivity index (χ3n) is 6.89. The molecule has 2 aliphatic rings. The predicted octanol–water partition coefficient (Wildman–Crippen LogP) is 2.83. The van der Waals surface area contributed by atoms with Crippen LogP contribution < -0.4 is 26.0 Å². The number of carbonyl (C=O) groups excluding carboxylic acids is 1. The van der Waals surface area contributed by atoms with Gasteiger partial charge in [0.1, 0.15) is 17.4 Å². The predicted molar refractivity (Wildman–Crippen MR) is 145 cm³/mol. The van der Waals surface area contributed by atoms with E-state index < -0.39 is 5.91 Å². The summed E-state index contributed by atoms with van der Waals surface area (Å²) >= 11 is 0. The van der Waals surface area contributed by atoms with Crippen LogP contribution >= 0.6 is 0 Å². The zero-order chi connectivity index (χ0) is 25.9. The summed E-state index contributed by atoms with van der Waals surface area (Å²) in [6, 6.07) is 9.54. The number of nitrogens with two attached hydrogens (primary N) is 1. The van der Waals surface area contributed by atoms with Crippen molar-refractivity contribution in [2.45, 2.75) is 18.9 Å². The van der Waals surface area contributed by atoms with Gasteiger partial charge in [0.25, 0.3) is 0 Å². The first-order chi connectivity index (χ1) is 18.6. The van der Waals surface area contributed by atoms with E-state index in [1.54, 1.807) is 18.5 Å². The van der Waals surface area contributed by atoms with E-state index in [4.69, 9.17) is 20.2 Å². The van der Waals surface area contributed by atoms with E-state index in [9.17, 15) is 4.79 Å². The van der Waals surface area contributed by atoms with Crippen molar-refractivity contribution in [2.75, 3.05) is 49.6 Å². The summed E-state index contributed by atoms with van der Waals surface area (Å²) in [6.07, 6.45) is 7.38. The summed E-state index contributed by atoms with van der Waals surface area (Å²) in [6.45, 7) is 4.60. The number of morpholine rings is 1. The van der Waals surface area contributed by atoms with E-state index in [2.05, 4.69) is 30.7 Å². The number of primary amides is 1. The van der Waals surface area contributed by atoms with Crippen molar-refractivity contribution in [1.82, 2.24) is 25.5 Å². The molecular formula is C27H30N8O3. The molecule has 2 saturated heterocycles. The minimum atomic E-state index is -0.493. The molecule has 0 unspecified atom stereocenters. The van der Waals surface area contributed by atoms with Gasteiger partial charge < -0.3 is 30.7 Å². The van der Waals surface area contributed by atoms with E-state index in [-0.39, 0.29) is 6.10 Å². The molecule has 0 radical (unpaired) electrons. The maximum absolute atomic E-state index is 12.1. The smallest absolute Gasteiger partial charge is 0.248 e. The number of aromatic amines is 1. The number of benzene rings is 2. The van der Waals surface area contributed by atoms with E-state index in [1.807, 2.05) is 30.5 Å². The number of hydrogen-bond donors (Lipinski definition) is 4. The van der Waals surface area contributed by atoms with Crippen LogP contribution in [0.4, 0.5) is 17.3 Å². The molecule has 0 saturated carbocycles. The van der Waals surface area contributed by atoms with Crippen LogP contribution in [0.25, 0.3) is 22.0 Å². The Morgan fingerprint density at radius 3 is 2.68 bits per heavy atom. The summed E-state index contributed by atoms with van der Waals surface area (Å²) in [5.74, 6) is 0.612. The second kappa shape index (κ2) is 10.6. The lowest BCUT2D eigenvalue weighted by molar-refractivity contribution is 0.1000. The number of rotatable bonds is 7. The monoisotopic (exact) mass is 514 g/mol. The van der Waals surface area contributed by atoms with Gasteiger partial charge >= 0.3 is 0 Å². The van der Waals surface area contributed by atoms with E-state index >= 15 is 0 Å². The van der Waals surface area contributed by atoms with Crippen LogP contribution in [0.5, 0.6) is 5.75 Å². The van der Waals surface area contributed by atoms with Gasteiger partial charge in [0.05, 0.1) is 19.4 Å². The van der Waals surface area contributed by atoms with Crippen LogP contribution in [0, 0.1) is 0 Å². The topological polar surface area (TPSA) is 143 Å². The number of fused-ring (bicyclic) bond motifs is 1. The zero-order valence-corrected chi connectivity index (χ0v) is 20.9. The lowest BCUT2D eigenvalue weighted by atomic mass is 10.1. The Balaban J connectivity index is 1.36. The fourth-order valence-electron chi connectivity index (χ4n) is 4.89. The molecular weight excluding hydrogens is 484 g/mol. The van der Waals surface area contributed by atoms with Crippen LogP contribution in [0.2, 0.25) is 0 Å². The number of aromatic nitrogens is 4. The molecule has 0 atom stereocenters. The van der Waals surface area contributed by atoms with Crippen LogP contribution in [0.3, 0.4) is 0 Å². The van der Waals surface area contributed by atoms with Gasteiger partial charge in [-0.25, -0.2) is 9.97 Å². The van der Waals surface area contributed by atoms with Crippen molar-refractivity contribution >= 4 is 34.1 Å². The fourth-order valence-corrected chi connectivity index (χ4v) is 4.89. The standard InChI is InChI=1S/C27H30N8O3/c28-26(36)18-10-21(13-22(11-18)35-5-7-37-8-6-35)33-27-30-14-19-9-17(20-15-31-32-16-20)12-24(25(19)34-27)38-23-1-3-29-4-2-23/h9-16,23,29H,1-8H2,(H2,28,36)(H,31,32)(H,30,33,34). The van der Waals surface area contributed by atoms with Crippen molar-refractivity contribution in [3.63, 3.8) is 0 Å². The largest absolute Gasteiger partial charge is 0.488 e. The van der Waals surface area contributed by atoms with E-state index in [0.29, 0.717) is 41.7 Å². The normalized spacial score (nSPS) is 16.5. The first kappa shape index (κ1) is 24.1. The molecule has 38 heavy (non-hydrogen) atoms. The van der Waals surface area contributed by atoms with Gasteiger partial charge in [0, 0.05) is 53.4 Å². The number of nitrogens with one attached hydrogen (secondary N) is 3. The quantitative estimate of drug-likeness (QED) is 0.293. The van der Waals surface area contributed by atoms with Crippen molar-refractivity contribution in [3.8, 4) is 16.9 Å². The molecule has 196 valence electrons. The zero-order valence-electron chi connectivity index (χ0n) is 20.9. The number of nitrogens with zero attached hydrogens (tertiary/aromatic N) is 4. The molecule has 0 bridgehead atoms. The van der Waals surface area contributed by atoms with Gasteiger partial charge in [-0.15, -0.1) is 0 Å². The molecule has 0 aliphatic carbocycles. The third kappa shape index (κ3) is 5.24. The minimum Gasteiger partial charge on any atom is -0.488 e. The Morgan fingerprint density at radius 2 is 1.92 bits per heavy atom. The van der Waals surface area contributed by atoms with Crippen LogP contribution in [-0.2, 0) is 4.74 Å². The van der Waals surface area contributed by atoms with E-state index in [1.165, 1.54) is 0 Å². The van der Waals surface area contributed by atoms with Gasteiger partial charge in [-0.2, -0.15) is 5.10 Å². The van der Waals surface area contributed by atoms with Crippen molar-refractivity contribution in [2.24, 2.45) is 5.73 Å². The maximum atomic E-state index is 12.1. The number of hydrogen-bond acceptors (Lipinski definition) is 9. The number of amides is 1. The lowest BCUT2D eigenvalue weighted by Gasteiger charge is -2.29. The molecule has 2 aliphatic heterocycles. The average Bonchev–Trinajstić information content (AvgIpc) is 3.49. The molecule has 0 spiro atoms. The molecule has 1 amide bonds. The molecule has 6 rings (SSSR count). The maximum Gasteiger partial charge on any atom is 0.248 e. The third-order valence-corrected chi connectivity index (χ3v) is 6.89. The Hall–Kier alpha value is -4.22. The van der Waals surface area contributed by atoms with Gasteiger partial charge in [-0.3, -0.25) is 9.89 Å². The van der Waals surface area contributed by atoms with Crippen LogP contribution in [0.15, 0.2) is 48.9 Å². The summed E-state index contributed by atoms with van der Waals surface area (Å²) < 4.78 is 12.0. The number of anilines is 3. The molecule has 5 N–H and O–H groups in total. The second-order valence-electron chi connectivity index (χ2n) is 9.52. The van der Waals surface area contributed by atoms with Gasteiger partial charge in [0.2, 0.25) is 11.9 Å². The molecule has 2 fully saturated rings. The first-order valence-electron chi connectivity index (χ1n) is 12.8. The Bertz CT molecular complexity index is 1430. The highest BCUT2D eigenvalue weighted by Gasteiger charge is 2.19. The SMILES string of the molecule is NC(=O)c1cc(Nc2ncc3cc(-c4cn[nH]c4)cc(OC4CCNCC4)c3n2)cc(N2CCOCC2)c1. The Morgan fingerprint density at radius 1 is 1.08 bits per heavy atom. The van der Waals surface area contributed by atoms with Gasteiger partial charge in [-0.05, 0) is 61.8 Å². The summed E-state index contributed by atoms with van der Waals surface area (Å²) in [4.78, 5) is 23.6. The summed E-state index contributed by atoms with van der Waals surface area (Å²) in [5.41, 5.74) is 10.3. The van der Waals surface area contributed by atoms with Crippen LogP contribution in [0.1, 0.15) is 23.2 Å². The average molecular weight is 515 g/mol. The van der Waals surface area contributed by atoms with Gasteiger partial charge in [-0.1, -0.05) is 0 Å². The first-order valence-corrected chi connectivity index (χ1v) is 12.8. The van der Waals surface area contributed by atoms with Crippen LogP contribution in [-0.4, -0.2) is 71.6 Å². The van der Waals surface area contributed by atoms with E-state index in [0.717, 1.165) is 61.2 Å². The second-order valence-corrected chi connectivity index (χ2v) is 9.52. The highest BCUT2D eigenvalue weighted by Crippen LogP contribution is 2.34. The summed E-state index contributed by atoms with van der Waals surface area (Å²) in [7, 11) is 0. The molecule has 11 nitrogen and oxygen atoms in total. The highest BCUT2D eigenvalue weighted by molar-refractivity contribution is 5.95. The number of carbonyl (C=O) groups is 1. The van der Waals surface area contributed by atoms with Crippen molar-refractivity contribution in [1.29, 1.82) is 0 Å².